The smallest absolute Gasteiger partial charge is 0.159 e. The van der Waals surface area contributed by atoms with Gasteiger partial charge in [0, 0.05) is 38.4 Å². The van der Waals surface area contributed by atoms with Gasteiger partial charge in [0.25, 0.3) is 0 Å². The monoisotopic (exact) mass is 614 g/mol. The number of hydrogen-bond donors (Lipinski definition) is 0. The number of allylic oxidation sites excluding steroid dienone is 1. The summed E-state index contributed by atoms with van der Waals surface area (Å²) in [5, 5.41) is 4.63. The molecule has 3 nitrogen and oxygen atoms in total. The molecule has 226 valence electrons. The van der Waals surface area contributed by atoms with Crippen molar-refractivity contribution >= 4 is 49.8 Å². The van der Waals surface area contributed by atoms with Gasteiger partial charge in [-0.15, -0.1) is 0 Å². The number of nitrogens with zero attached hydrogens (tertiary/aromatic N) is 2. The molecular weight excluding hydrogens is 585 g/mol. The summed E-state index contributed by atoms with van der Waals surface area (Å²) < 4.78 is 9.22. The Labute approximate surface area is 278 Å². The third kappa shape index (κ3) is 4.11. The number of aromatic nitrogens is 2. The predicted octanol–water partition coefficient (Wildman–Crippen LogP) is 12.0. The predicted molar refractivity (Wildman–Crippen MR) is 200 cm³/mol. The summed E-state index contributed by atoms with van der Waals surface area (Å²) in [6.45, 7) is 0. The Morgan fingerprint density at radius 1 is 0.562 bits per heavy atom. The number of para-hydroxylation sites is 2. The van der Waals surface area contributed by atoms with Gasteiger partial charge in [0.15, 0.2) is 5.58 Å². The highest BCUT2D eigenvalue weighted by atomic mass is 16.3. The van der Waals surface area contributed by atoms with Gasteiger partial charge in [-0.3, -0.25) is 4.98 Å². The van der Waals surface area contributed by atoms with Crippen LogP contribution in [0.1, 0.15) is 17.7 Å². The highest BCUT2D eigenvalue weighted by Crippen LogP contribution is 2.43. The summed E-state index contributed by atoms with van der Waals surface area (Å²) in [4.78, 5) is 5.30. The van der Waals surface area contributed by atoms with E-state index in [-0.39, 0.29) is 0 Å². The molecule has 0 saturated heterocycles. The van der Waals surface area contributed by atoms with Crippen LogP contribution in [0.15, 0.2) is 156 Å². The quantitative estimate of drug-likeness (QED) is 0.197. The molecule has 0 fully saturated rings. The first-order valence-corrected chi connectivity index (χ1v) is 16.6. The van der Waals surface area contributed by atoms with E-state index in [1.807, 2.05) is 0 Å². The molecule has 0 bridgehead atoms. The van der Waals surface area contributed by atoms with E-state index in [2.05, 4.69) is 162 Å². The van der Waals surface area contributed by atoms with Crippen molar-refractivity contribution in [2.75, 3.05) is 0 Å². The molecule has 0 N–H and O–H groups in total. The van der Waals surface area contributed by atoms with E-state index >= 15 is 0 Å². The first-order chi connectivity index (χ1) is 23.8. The highest BCUT2D eigenvalue weighted by molar-refractivity contribution is 6.16. The van der Waals surface area contributed by atoms with Crippen molar-refractivity contribution < 1.29 is 4.42 Å². The fourth-order valence-corrected chi connectivity index (χ4v) is 7.66. The van der Waals surface area contributed by atoms with Crippen molar-refractivity contribution in [3.05, 3.63) is 163 Å². The van der Waals surface area contributed by atoms with E-state index in [1.165, 1.54) is 38.6 Å². The second kappa shape index (κ2) is 10.7. The molecule has 0 unspecified atom stereocenters. The minimum absolute atomic E-state index is 0.862. The Hall–Kier alpha value is -6.19. The summed E-state index contributed by atoms with van der Waals surface area (Å²) >= 11 is 0. The molecule has 0 aliphatic heterocycles. The average Bonchev–Trinajstić information content (AvgIpc) is 3.71. The number of rotatable bonds is 4. The molecule has 9 aromatic rings. The zero-order valence-electron chi connectivity index (χ0n) is 26.2. The third-order valence-corrected chi connectivity index (χ3v) is 9.85. The molecule has 3 heterocycles. The highest BCUT2D eigenvalue weighted by Gasteiger charge is 2.22. The average molecular weight is 615 g/mol. The first kappa shape index (κ1) is 27.0. The lowest BCUT2D eigenvalue weighted by Gasteiger charge is -2.17. The molecule has 3 aromatic heterocycles. The number of hydrogen-bond acceptors (Lipinski definition) is 2. The van der Waals surface area contributed by atoms with Crippen molar-refractivity contribution in [3.63, 3.8) is 0 Å². The van der Waals surface area contributed by atoms with Crippen LogP contribution in [-0.2, 0) is 6.42 Å². The summed E-state index contributed by atoms with van der Waals surface area (Å²) in [6, 6.07) is 51.9. The maximum absolute atomic E-state index is 6.85. The van der Waals surface area contributed by atoms with Crippen molar-refractivity contribution in [1.82, 2.24) is 9.55 Å². The number of fused-ring (bicyclic) bond motifs is 7. The Kier molecular flexibility index (Phi) is 6.00. The van der Waals surface area contributed by atoms with Crippen molar-refractivity contribution in [1.29, 1.82) is 0 Å². The molecule has 1 aliphatic carbocycles. The van der Waals surface area contributed by atoms with Gasteiger partial charge >= 0.3 is 0 Å². The topological polar surface area (TPSA) is 31.0 Å². The molecule has 48 heavy (non-hydrogen) atoms. The van der Waals surface area contributed by atoms with E-state index in [0.717, 1.165) is 68.5 Å². The van der Waals surface area contributed by atoms with E-state index < -0.39 is 0 Å². The fourth-order valence-electron chi connectivity index (χ4n) is 7.66. The number of aryl methyl sites for hydroxylation is 1. The van der Waals surface area contributed by atoms with Crippen LogP contribution in [0.4, 0.5) is 0 Å². The molecule has 1 aliphatic rings. The van der Waals surface area contributed by atoms with Crippen LogP contribution in [-0.4, -0.2) is 9.55 Å². The summed E-state index contributed by atoms with van der Waals surface area (Å²) in [5.74, 6) is 0. The summed E-state index contributed by atoms with van der Waals surface area (Å²) in [6.07, 6.45) is 6.45. The molecule has 0 amide bonds. The van der Waals surface area contributed by atoms with E-state index in [9.17, 15) is 0 Å². The van der Waals surface area contributed by atoms with E-state index in [4.69, 9.17) is 9.40 Å². The number of pyridine rings is 1. The SMILES string of the molecule is C1=Cc2c(-c3ccccc3)cc(-c3cccc4oc5c(-n6c7ccccc7c7ccc(-c8ccccc8)cc76)cccc5c34)nc2CC1. The second-order valence-electron chi connectivity index (χ2n) is 12.6. The van der Waals surface area contributed by atoms with Gasteiger partial charge < -0.3 is 8.98 Å². The van der Waals surface area contributed by atoms with Crippen molar-refractivity contribution in [3.8, 4) is 39.2 Å². The maximum Gasteiger partial charge on any atom is 0.159 e. The normalized spacial score (nSPS) is 12.8. The first-order valence-electron chi connectivity index (χ1n) is 16.6. The number of benzene rings is 6. The molecule has 3 heteroatoms. The van der Waals surface area contributed by atoms with Gasteiger partial charge in [0.1, 0.15) is 5.58 Å². The third-order valence-electron chi connectivity index (χ3n) is 9.85. The Morgan fingerprint density at radius 2 is 1.31 bits per heavy atom. The van der Waals surface area contributed by atoms with Gasteiger partial charge in [-0.1, -0.05) is 127 Å². The van der Waals surface area contributed by atoms with Crippen LogP contribution < -0.4 is 0 Å². The maximum atomic E-state index is 6.85. The Morgan fingerprint density at radius 3 is 2.19 bits per heavy atom. The van der Waals surface area contributed by atoms with Crippen LogP contribution in [0.25, 0.3) is 89.0 Å². The van der Waals surface area contributed by atoms with Crippen molar-refractivity contribution in [2.45, 2.75) is 12.8 Å². The molecular formula is C45H30N2O. The molecule has 0 saturated carbocycles. The van der Waals surface area contributed by atoms with Gasteiger partial charge in [0.2, 0.25) is 0 Å². The zero-order chi connectivity index (χ0) is 31.6. The van der Waals surface area contributed by atoms with Crippen LogP contribution in [0.3, 0.4) is 0 Å². The van der Waals surface area contributed by atoms with Crippen LogP contribution >= 0.6 is 0 Å². The van der Waals surface area contributed by atoms with Gasteiger partial charge in [0.05, 0.1) is 22.4 Å². The van der Waals surface area contributed by atoms with Gasteiger partial charge in [-0.25, -0.2) is 0 Å². The summed E-state index contributed by atoms with van der Waals surface area (Å²) in [7, 11) is 0. The standard InChI is InChI=1S/C45H30N2O/c1-3-13-29(14-4-1)31-25-26-34-33-18-8-10-22-40(33)47(42(34)27-31)41-23-11-20-36-44-35(19-12-24-43(44)48-45(36)41)39-28-37(30-15-5-2-6-16-30)32-17-7-9-21-38(32)46-39/h1-8,10-20,22-28H,9,21H2. The van der Waals surface area contributed by atoms with Crippen LogP contribution in [0, 0.1) is 0 Å². The number of furan rings is 1. The van der Waals surface area contributed by atoms with E-state index in [1.54, 1.807) is 0 Å². The zero-order valence-corrected chi connectivity index (χ0v) is 26.2. The molecule has 10 rings (SSSR count). The Bertz CT molecular complexity index is 2710. The lowest BCUT2D eigenvalue weighted by atomic mass is 9.91. The molecule has 6 aromatic carbocycles. The van der Waals surface area contributed by atoms with Crippen molar-refractivity contribution in [2.24, 2.45) is 0 Å². The van der Waals surface area contributed by atoms with Gasteiger partial charge in [-0.05, 0) is 65.4 Å². The lowest BCUT2D eigenvalue weighted by Crippen LogP contribution is -2.02. The molecule has 0 spiro atoms. The second-order valence-corrected chi connectivity index (χ2v) is 12.6. The van der Waals surface area contributed by atoms with Crippen LogP contribution in [0.2, 0.25) is 0 Å². The van der Waals surface area contributed by atoms with Crippen LogP contribution in [0.5, 0.6) is 0 Å². The minimum atomic E-state index is 0.862. The molecule has 0 radical (unpaired) electrons. The lowest BCUT2D eigenvalue weighted by molar-refractivity contribution is 0.666. The summed E-state index contributed by atoms with van der Waals surface area (Å²) in [5.41, 5.74) is 14.3. The largest absolute Gasteiger partial charge is 0.454 e. The Balaban J connectivity index is 1.23. The molecule has 0 atom stereocenters. The fraction of sp³-hybridized carbons (Fsp3) is 0.0444. The minimum Gasteiger partial charge on any atom is -0.454 e. The van der Waals surface area contributed by atoms with E-state index in [0.29, 0.717) is 0 Å². The van der Waals surface area contributed by atoms with Gasteiger partial charge in [-0.2, -0.15) is 0 Å².